The smallest absolute Gasteiger partial charge is 0.326 e. The summed E-state index contributed by atoms with van der Waals surface area (Å²) in [5.41, 5.74) is -0.225. The van der Waals surface area contributed by atoms with E-state index in [0.717, 1.165) is 21.2 Å². The number of aromatic amines is 1. The number of imide groups is 1. The first kappa shape index (κ1) is 18.4. The highest BCUT2D eigenvalue weighted by atomic mass is 32.2. The Balaban J connectivity index is 1.49. The molecule has 2 bridgehead atoms. The molecule has 2 aliphatic carbocycles. The fraction of sp³-hybridized carbons (Fsp3) is 0.684. The van der Waals surface area contributed by atoms with Crippen molar-refractivity contribution < 1.29 is 19.1 Å². The number of fused-ring (bicyclic) bond motifs is 9. The van der Waals surface area contributed by atoms with Crippen LogP contribution in [0.4, 0.5) is 0 Å². The molecule has 1 aromatic heterocycles. The van der Waals surface area contributed by atoms with Crippen LogP contribution in [0.25, 0.3) is 0 Å². The first-order valence-electron chi connectivity index (χ1n) is 9.66. The van der Waals surface area contributed by atoms with E-state index >= 15 is 0 Å². The second-order valence-corrected chi connectivity index (χ2v) is 10.9. The number of carbonyl (C=O) groups excluding carboxylic acids is 3. The molecule has 5 rings (SSSR count). The Labute approximate surface area is 170 Å². The number of thiazole rings is 1. The third kappa shape index (κ3) is 2.23. The number of ether oxygens (including phenoxy) is 1. The van der Waals surface area contributed by atoms with Crippen LogP contribution in [0.2, 0.25) is 0 Å². The van der Waals surface area contributed by atoms with Crippen LogP contribution < -0.4 is 4.87 Å². The van der Waals surface area contributed by atoms with Crippen molar-refractivity contribution in [2.45, 2.75) is 42.9 Å². The molecule has 4 aliphatic rings. The lowest BCUT2D eigenvalue weighted by molar-refractivity contribution is -0.153. The number of carbonyl (C=O) groups is 3. The molecule has 2 saturated carbocycles. The number of esters is 1. The highest BCUT2D eigenvalue weighted by Gasteiger charge is 2.70. The zero-order valence-corrected chi connectivity index (χ0v) is 17.5. The predicted molar refractivity (Wildman–Crippen MR) is 103 cm³/mol. The lowest BCUT2D eigenvalue weighted by atomic mass is 9.64. The van der Waals surface area contributed by atoms with E-state index in [1.54, 1.807) is 18.7 Å². The fourth-order valence-electron chi connectivity index (χ4n) is 6.21. The van der Waals surface area contributed by atoms with E-state index < -0.39 is 5.97 Å². The maximum Gasteiger partial charge on any atom is 0.326 e. The van der Waals surface area contributed by atoms with Gasteiger partial charge in [0.2, 0.25) is 11.8 Å². The molecule has 2 aliphatic heterocycles. The van der Waals surface area contributed by atoms with Gasteiger partial charge in [-0.25, -0.2) is 0 Å². The minimum atomic E-state index is -0.539. The lowest BCUT2D eigenvalue weighted by Crippen LogP contribution is -2.48. The van der Waals surface area contributed by atoms with Crippen LogP contribution in [0.3, 0.4) is 0 Å². The van der Waals surface area contributed by atoms with Crippen LogP contribution in [0.1, 0.15) is 32.1 Å². The summed E-state index contributed by atoms with van der Waals surface area (Å²) in [5.74, 6) is -1.22. The second kappa shape index (κ2) is 5.95. The van der Waals surface area contributed by atoms with Gasteiger partial charge in [0.1, 0.15) is 6.54 Å². The van der Waals surface area contributed by atoms with Crippen molar-refractivity contribution in [3.8, 4) is 0 Å². The number of hydrogen-bond donors (Lipinski definition) is 1. The number of rotatable bonds is 3. The molecule has 28 heavy (non-hydrogen) atoms. The van der Waals surface area contributed by atoms with Crippen molar-refractivity contribution in [3.63, 3.8) is 0 Å². The van der Waals surface area contributed by atoms with Crippen LogP contribution in [0.15, 0.2) is 9.82 Å². The van der Waals surface area contributed by atoms with Gasteiger partial charge in [0.25, 0.3) is 0 Å². The minimum absolute atomic E-state index is 0.0501. The molecule has 3 fully saturated rings. The van der Waals surface area contributed by atoms with Crippen molar-refractivity contribution in [3.05, 3.63) is 14.5 Å². The van der Waals surface area contributed by atoms with Crippen LogP contribution in [0.5, 0.6) is 0 Å². The highest BCUT2D eigenvalue weighted by Crippen LogP contribution is 2.68. The summed E-state index contributed by atoms with van der Waals surface area (Å²) in [6.07, 6.45) is 0.866. The summed E-state index contributed by atoms with van der Waals surface area (Å²) in [6.45, 7) is 5.95. The van der Waals surface area contributed by atoms with Gasteiger partial charge >= 0.3 is 10.8 Å². The molecular weight excluding hydrogens is 400 g/mol. The summed E-state index contributed by atoms with van der Waals surface area (Å²) >= 11 is 2.93. The van der Waals surface area contributed by atoms with Gasteiger partial charge in [-0.2, -0.15) is 0 Å². The summed E-state index contributed by atoms with van der Waals surface area (Å²) in [7, 11) is 0. The van der Waals surface area contributed by atoms with Gasteiger partial charge in [0.05, 0.1) is 23.5 Å². The number of nitrogens with zero attached hydrogens (tertiary/aromatic N) is 1. The van der Waals surface area contributed by atoms with Crippen LogP contribution in [-0.2, 0) is 24.5 Å². The average molecular weight is 423 g/mol. The molecule has 3 heterocycles. The Bertz CT molecular complexity index is 950. The molecule has 0 radical (unpaired) electrons. The number of amides is 2. The number of aromatic nitrogens is 1. The molecule has 0 aromatic carbocycles. The normalized spacial score (nSPS) is 37.0. The van der Waals surface area contributed by atoms with Crippen molar-refractivity contribution in [2.75, 3.05) is 13.2 Å². The van der Waals surface area contributed by atoms with Crippen LogP contribution in [0, 0.1) is 29.6 Å². The Hall–Kier alpha value is -1.61. The van der Waals surface area contributed by atoms with Gasteiger partial charge in [-0.1, -0.05) is 25.2 Å². The minimum Gasteiger partial charge on any atom is -0.465 e. The van der Waals surface area contributed by atoms with Gasteiger partial charge in [0, 0.05) is 15.5 Å². The molecule has 1 N–H and O–H groups in total. The molecule has 1 saturated heterocycles. The van der Waals surface area contributed by atoms with E-state index in [0.29, 0.717) is 0 Å². The van der Waals surface area contributed by atoms with Gasteiger partial charge in [-0.3, -0.25) is 24.1 Å². The van der Waals surface area contributed by atoms with E-state index in [1.165, 1.54) is 11.3 Å². The largest absolute Gasteiger partial charge is 0.465 e. The second-order valence-electron chi connectivity index (χ2n) is 8.69. The lowest BCUT2D eigenvalue weighted by Gasteiger charge is -2.47. The molecule has 6 atom stereocenters. The number of nitrogens with one attached hydrogen (secondary N) is 1. The first-order chi connectivity index (χ1) is 13.3. The number of likely N-dealkylation sites (tertiary alicyclic amines) is 1. The van der Waals surface area contributed by atoms with Crippen molar-refractivity contribution in [2.24, 2.45) is 29.6 Å². The van der Waals surface area contributed by atoms with E-state index in [9.17, 15) is 19.2 Å². The van der Waals surface area contributed by atoms with Gasteiger partial charge < -0.3 is 9.72 Å². The predicted octanol–water partition coefficient (Wildman–Crippen LogP) is 1.62. The number of hydrogen-bond acceptors (Lipinski definition) is 7. The quantitative estimate of drug-likeness (QED) is 0.587. The Kier molecular flexibility index (Phi) is 3.91. The zero-order chi connectivity index (χ0) is 20.0. The molecule has 1 aromatic rings. The molecule has 6 unspecified atom stereocenters. The molecule has 9 heteroatoms. The third-order valence-electron chi connectivity index (χ3n) is 7.07. The molecule has 2 amide bonds. The third-order valence-corrected chi connectivity index (χ3v) is 9.88. The van der Waals surface area contributed by atoms with Gasteiger partial charge in [-0.05, 0) is 31.1 Å². The van der Waals surface area contributed by atoms with Crippen LogP contribution in [-0.4, -0.2) is 46.1 Å². The monoisotopic (exact) mass is 422 g/mol. The fourth-order valence-corrected chi connectivity index (χ4v) is 9.36. The van der Waals surface area contributed by atoms with Crippen molar-refractivity contribution >= 4 is 40.9 Å². The van der Waals surface area contributed by atoms with E-state index in [4.69, 9.17) is 4.74 Å². The first-order valence-corrected chi connectivity index (χ1v) is 11.4. The molecule has 7 nitrogen and oxygen atoms in total. The van der Waals surface area contributed by atoms with Gasteiger partial charge in [-0.15, -0.1) is 11.8 Å². The molecular formula is C19H22N2O5S2. The standard InChI is InChI=1S/C19H22N2O5S2/c1-4-26-9(22)6-21-16(23)10-7-5-8(11(10)17(21)24)13-12(7)19(2,3)14-15(27-13)20-18(25)28-14/h7-8,10-13H,4-6H2,1-3H3,(H,20,25). The average Bonchev–Trinajstić information content (AvgIpc) is 3.33. The van der Waals surface area contributed by atoms with Crippen molar-refractivity contribution in [1.29, 1.82) is 0 Å². The number of H-pyrrole nitrogens is 1. The Morgan fingerprint density at radius 2 is 1.89 bits per heavy atom. The number of thioether (sulfide) groups is 1. The Morgan fingerprint density at radius 3 is 2.57 bits per heavy atom. The summed E-state index contributed by atoms with van der Waals surface area (Å²) in [5, 5.41) is 1.13. The zero-order valence-electron chi connectivity index (χ0n) is 15.9. The summed E-state index contributed by atoms with van der Waals surface area (Å²) < 4.78 is 4.94. The van der Waals surface area contributed by atoms with Crippen LogP contribution >= 0.6 is 23.1 Å². The maximum atomic E-state index is 13.1. The SMILES string of the molecule is CCOC(=O)CN1C(=O)C2C3CC(C2C1=O)C1C3Sc2[nH]c(=O)sc2C1(C)C. The van der Waals surface area contributed by atoms with E-state index in [-0.39, 0.29) is 70.1 Å². The molecule has 150 valence electrons. The van der Waals surface area contributed by atoms with E-state index in [1.807, 2.05) is 0 Å². The maximum absolute atomic E-state index is 13.1. The summed E-state index contributed by atoms with van der Waals surface area (Å²) in [4.78, 5) is 55.1. The summed E-state index contributed by atoms with van der Waals surface area (Å²) in [6, 6.07) is 0. The van der Waals surface area contributed by atoms with E-state index in [2.05, 4.69) is 18.8 Å². The Morgan fingerprint density at radius 1 is 1.21 bits per heavy atom. The van der Waals surface area contributed by atoms with Crippen molar-refractivity contribution in [1.82, 2.24) is 9.88 Å². The molecule has 0 spiro atoms. The highest BCUT2D eigenvalue weighted by molar-refractivity contribution is 8.00. The van der Waals surface area contributed by atoms with Gasteiger partial charge in [0.15, 0.2) is 0 Å². The topological polar surface area (TPSA) is 96.5 Å².